The maximum atomic E-state index is 11.5. The maximum absolute atomic E-state index is 11.5. The van der Waals surface area contributed by atoms with E-state index in [1.165, 1.54) is 11.8 Å². The van der Waals surface area contributed by atoms with Crippen LogP contribution in [0.2, 0.25) is 0 Å². The average molecular weight is 318 g/mol. The molecule has 3 heterocycles. The van der Waals surface area contributed by atoms with Gasteiger partial charge in [0.1, 0.15) is 0 Å². The smallest absolute Gasteiger partial charge is 0.269 e. The van der Waals surface area contributed by atoms with Crippen molar-refractivity contribution in [1.82, 2.24) is 25.1 Å². The predicted molar refractivity (Wildman–Crippen MR) is 84.7 cm³/mol. The number of piperidine rings is 1. The number of primary amides is 1. The van der Waals surface area contributed by atoms with Crippen LogP contribution in [0.1, 0.15) is 29.4 Å². The highest BCUT2D eigenvalue weighted by Crippen LogP contribution is 2.27. The number of carbonyl (C=O) groups excluding carboxylic acids is 1. The summed E-state index contributed by atoms with van der Waals surface area (Å²) in [6.45, 7) is 1.88. The van der Waals surface area contributed by atoms with E-state index in [2.05, 4.69) is 20.4 Å². The van der Waals surface area contributed by atoms with Crippen LogP contribution in [-0.2, 0) is 0 Å². The van der Waals surface area contributed by atoms with Gasteiger partial charge >= 0.3 is 0 Å². The Morgan fingerprint density at radius 1 is 1.45 bits per heavy atom. The number of thioether (sulfide) groups is 1. The highest BCUT2D eigenvalue weighted by molar-refractivity contribution is 7.98. The van der Waals surface area contributed by atoms with E-state index in [1.807, 2.05) is 17.0 Å². The van der Waals surface area contributed by atoms with Gasteiger partial charge in [-0.15, -0.1) is 0 Å². The third-order valence-corrected chi connectivity index (χ3v) is 4.28. The Bertz CT molecular complexity index is 680. The molecule has 3 rings (SSSR count). The molecule has 1 aliphatic heterocycles. The molecule has 2 aromatic heterocycles. The van der Waals surface area contributed by atoms with Gasteiger partial charge in [0.2, 0.25) is 0 Å². The van der Waals surface area contributed by atoms with E-state index in [4.69, 9.17) is 5.73 Å². The summed E-state index contributed by atoms with van der Waals surface area (Å²) >= 11 is 1.48. The molecule has 0 bridgehead atoms. The topological polar surface area (TPSA) is 98.7 Å². The van der Waals surface area contributed by atoms with E-state index in [-0.39, 0.29) is 11.7 Å². The fourth-order valence-corrected chi connectivity index (χ4v) is 2.97. The van der Waals surface area contributed by atoms with Crippen LogP contribution in [0.25, 0.3) is 11.4 Å². The molecule has 8 heteroatoms. The van der Waals surface area contributed by atoms with Crippen LogP contribution in [0, 0.1) is 0 Å². The lowest BCUT2D eigenvalue weighted by atomic mass is 10.1. The first kappa shape index (κ1) is 15.0. The quantitative estimate of drug-likeness (QED) is 0.646. The Hall–Kier alpha value is -1.93. The molecule has 0 aliphatic carbocycles. The average Bonchev–Trinajstić information content (AvgIpc) is 3.01. The summed E-state index contributed by atoms with van der Waals surface area (Å²) in [5, 5.41) is 8.43. The fraction of sp³-hybridized carbons (Fsp3) is 0.429. The number of amides is 1. The Morgan fingerprint density at radius 2 is 2.23 bits per heavy atom. The second-order valence-corrected chi connectivity index (χ2v) is 5.91. The third-order valence-electron chi connectivity index (χ3n) is 3.72. The van der Waals surface area contributed by atoms with Crippen molar-refractivity contribution in [3.8, 4) is 11.4 Å². The lowest BCUT2D eigenvalue weighted by Gasteiger charge is -2.24. The zero-order chi connectivity index (χ0) is 15.5. The van der Waals surface area contributed by atoms with Crippen LogP contribution in [-0.4, -0.2) is 45.0 Å². The summed E-state index contributed by atoms with van der Waals surface area (Å²) in [6.07, 6.45) is 5.58. The molecule has 0 aromatic carbocycles. The van der Waals surface area contributed by atoms with Crippen molar-refractivity contribution < 1.29 is 4.79 Å². The summed E-state index contributed by atoms with van der Waals surface area (Å²) in [4.78, 5) is 20.2. The van der Waals surface area contributed by atoms with Crippen molar-refractivity contribution in [3.63, 3.8) is 0 Å². The van der Waals surface area contributed by atoms with Crippen LogP contribution in [0.5, 0.6) is 0 Å². The first-order chi connectivity index (χ1) is 10.7. The largest absolute Gasteiger partial charge is 0.364 e. The Kier molecular flexibility index (Phi) is 4.39. The molecular formula is C14H18N6OS. The van der Waals surface area contributed by atoms with E-state index >= 15 is 0 Å². The lowest BCUT2D eigenvalue weighted by Crippen LogP contribution is -2.30. The first-order valence-electron chi connectivity index (χ1n) is 7.16. The second kappa shape index (κ2) is 6.45. The van der Waals surface area contributed by atoms with Gasteiger partial charge in [0.25, 0.3) is 5.91 Å². The van der Waals surface area contributed by atoms with Crippen molar-refractivity contribution in [2.75, 3.05) is 19.3 Å². The minimum atomic E-state index is -0.520. The molecule has 1 aliphatic rings. The SMILES string of the molecule is CSc1nccc(-c2cc(C(N)=O)nn2C2CCNCC2)n1. The molecule has 0 atom stereocenters. The van der Waals surface area contributed by atoms with E-state index in [1.54, 1.807) is 12.3 Å². The normalized spacial score (nSPS) is 15.9. The standard InChI is InChI=1S/C14H18N6OS/c1-22-14-17-7-4-10(18-14)12-8-11(13(15)21)19-20(12)9-2-5-16-6-3-9/h4,7-9,16H,2-3,5-6H2,1H3,(H2,15,21). The van der Waals surface area contributed by atoms with Crippen LogP contribution in [0.15, 0.2) is 23.5 Å². The molecule has 0 saturated carbocycles. The van der Waals surface area contributed by atoms with E-state index < -0.39 is 5.91 Å². The zero-order valence-corrected chi connectivity index (χ0v) is 13.1. The number of nitrogens with one attached hydrogen (secondary N) is 1. The van der Waals surface area contributed by atoms with Gasteiger partial charge in [-0.25, -0.2) is 9.97 Å². The molecule has 1 amide bonds. The lowest BCUT2D eigenvalue weighted by molar-refractivity contribution is 0.0994. The van der Waals surface area contributed by atoms with Gasteiger partial charge in [-0.2, -0.15) is 5.10 Å². The number of hydrogen-bond acceptors (Lipinski definition) is 6. The summed E-state index contributed by atoms with van der Waals surface area (Å²) in [5.41, 5.74) is 7.25. The molecule has 7 nitrogen and oxygen atoms in total. The monoisotopic (exact) mass is 318 g/mol. The maximum Gasteiger partial charge on any atom is 0.269 e. The summed E-state index contributed by atoms with van der Waals surface area (Å²) in [5.74, 6) is -0.520. The molecule has 2 aromatic rings. The molecule has 116 valence electrons. The van der Waals surface area contributed by atoms with Gasteiger partial charge in [-0.3, -0.25) is 9.48 Å². The van der Waals surface area contributed by atoms with Crippen LogP contribution >= 0.6 is 11.8 Å². The highest BCUT2D eigenvalue weighted by atomic mass is 32.2. The Labute approximate surface area is 132 Å². The summed E-state index contributed by atoms with van der Waals surface area (Å²) in [7, 11) is 0. The molecular weight excluding hydrogens is 300 g/mol. The van der Waals surface area contributed by atoms with Gasteiger partial charge < -0.3 is 11.1 Å². The van der Waals surface area contributed by atoms with Crippen LogP contribution in [0.4, 0.5) is 0 Å². The minimum Gasteiger partial charge on any atom is -0.364 e. The number of rotatable bonds is 4. The second-order valence-electron chi connectivity index (χ2n) is 5.13. The summed E-state index contributed by atoms with van der Waals surface area (Å²) < 4.78 is 1.90. The number of nitrogens with zero attached hydrogens (tertiary/aromatic N) is 4. The molecule has 0 spiro atoms. The van der Waals surface area contributed by atoms with Crippen molar-refractivity contribution in [1.29, 1.82) is 0 Å². The number of hydrogen-bond donors (Lipinski definition) is 2. The van der Waals surface area contributed by atoms with Gasteiger partial charge in [0, 0.05) is 6.20 Å². The molecule has 1 fully saturated rings. The Balaban J connectivity index is 2.05. The zero-order valence-electron chi connectivity index (χ0n) is 12.3. The summed E-state index contributed by atoms with van der Waals surface area (Å²) in [6, 6.07) is 3.80. The van der Waals surface area contributed by atoms with Crippen molar-refractivity contribution in [2.45, 2.75) is 24.0 Å². The van der Waals surface area contributed by atoms with Gasteiger partial charge in [-0.05, 0) is 44.3 Å². The number of carbonyl (C=O) groups is 1. The Morgan fingerprint density at radius 3 is 2.91 bits per heavy atom. The minimum absolute atomic E-state index is 0.247. The molecule has 22 heavy (non-hydrogen) atoms. The molecule has 1 saturated heterocycles. The van der Waals surface area contributed by atoms with Crippen molar-refractivity contribution in [2.24, 2.45) is 5.73 Å². The van der Waals surface area contributed by atoms with Crippen molar-refractivity contribution >= 4 is 17.7 Å². The predicted octanol–water partition coefficient (Wildman–Crippen LogP) is 1.09. The van der Waals surface area contributed by atoms with Crippen molar-refractivity contribution in [3.05, 3.63) is 24.0 Å². The molecule has 3 N–H and O–H groups in total. The number of aromatic nitrogens is 4. The van der Waals surface area contributed by atoms with E-state index in [0.717, 1.165) is 37.3 Å². The van der Waals surface area contributed by atoms with Gasteiger partial charge in [0.15, 0.2) is 10.9 Å². The van der Waals surface area contributed by atoms with Gasteiger partial charge in [-0.1, -0.05) is 11.8 Å². The van der Waals surface area contributed by atoms with Crippen LogP contribution in [0.3, 0.4) is 0 Å². The first-order valence-corrected chi connectivity index (χ1v) is 8.39. The third kappa shape index (κ3) is 2.97. The fourth-order valence-electron chi connectivity index (χ4n) is 2.62. The van der Waals surface area contributed by atoms with E-state index in [9.17, 15) is 4.79 Å². The highest BCUT2D eigenvalue weighted by Gasteiger charge is 2.22. The molecule has 0 unspecified atom stereocenters. The van der Waals surface area contributed by atoms with Crippen LogP contribution < -0.4 is 11.1 Å². The molecule has 0 radical (unpaired) electrons. The van der Waals surface area contributed by atoms with E-state index in [0.29, 0.717) is 5.16 Å². The number of nitrogens with two attached hydrogens (primary N) is 1. The van der Waals surface area contributed by atoms with Gasteiger partial charge in [0.05, 0.1) is 17.4 Å².